The molecule has 0 heterocycles. The standard InChI is InChI=1S/C15H22ClNO/c1-5-17-13(4)14-6-7-15(12(3)8-14)18-10-11(2)9-16/h6-9,13,17H,5,10H2,1-4H3/b11-9+. The molecule has 0 aliphatic heterocycles. The van der Waals surface area contributed by atoms with Crippen LogP contribution < -0.4 is 10.1 Å². The Morgan fingerprint density at radius 1 is 1.50 bits per heavy atom. The fourth-order valence-corrected chi connectivity index (χ4v) is 1.81. The van der Waals surface area contributed by atoms with Gasteiger partial charge in [-0.05, 0) is 50.1 Å². The summed E-state index contributed by atoms with van der Waals surface area (Å²) in [4.78, 5) is 0. The van der Waals surface area contributed by atoms with Crippen LogP contribution in [0.1, 0.15) is 37.9 Å². The molecule has 0 fully saturated rings. The number of aryl methyl sites for hydroxylation is 1. The smallest absolute Gasteiger partial charge is 0.122 e. The van der Waals surface area contributed by atoms with E-state index in [1.54, 1.807) is 5.54 Å². The summed E-state index contributed by atoms with van der Waals surface area (Å²) in [6.45, 7) is 9.80. The third kappa shape index (κ3) is 4.35. The maximum atomic E-state index is 5.71. The summed E-state index contributed by atoms with van der Waals surface area (Å²) in [5.74, 6) is 0.917. The lowest BCUT2D eigenvalue weighted by molar-refractivity contribution is 0.349. The van der Waals surface area contributed by atoms with Crippen LogP contribution in [0.15, 0.2) is 29.3 Å². The zero-order valence-electron chi connectivity index (χ0n) is 11.6. The van der Waals surface area contributed by atoms with Crippen LogP contribution in [0.5, 0.6) is 5.75 Å². The van der Waals surface area contributed by atoms with E-state index in [1.165, 1.54) is 5.56 Å². The first-order valence-corrected chi connectivity index (χ1v) is 6.74. The molecule has 2 nitrogen and oxygen atoms in total. The summed E-state index contributed by atoms with van der Waals surface area (Å²) in [6, 6.07) is 6.67. The molecule has 0 radical (unpaired) electrons. The molecular weight excluding hydrogens is 246 g/mol. The Hall–Kier alpha value is -0.990. The molecule has 0 aliphatic rings. The first kappa shape index (κ1) is 15.1. The van der Waals surface area contributed by atoms with Crippen molar-refractivity contribution < 1.29 is 4.74 Å². The Kier molecular flexibility index (Phi) is 6.23. The minimum absolute atomic E-state index is 0.368. The summed E-state index contributed by atoms with van der Waals surface area (Å²) in [5, 5.41) is 3.40. The summed E-state index contributed by atoms with van der Waals surface area (Å²) >= 11 is 5.61. The van der Waals surface area contributed by atoms with Gasteiger partial charge in [0.25, 0.3) is 0 Å². The van der Waals surface area contributed by atoms with Gasteiger partial charge in [-0.15, -0.1) is 0 Å². The van der Waals surface area contributed by atoms with E-state index in [4.69, 9.17) is 16.3 Å². The number of hydrogen-bond acceptors (Lipinski definition) is 2. The SMILES string of the molecule is CCNC(C)c1ccc(OC/C(C)=C/Cl)c(C)c1. The van der Waals surface area contributed by atoms with Gasteiger partial charge in [-0.1, -0.05) is 30.7 Å². The number of rotatable bonds is 6. The molecule has 0 amide bonds. The molecule has 1 N–H and O–H groups in total. The number of nitrogens with one attached hydrogen (secondary N) is 1. The quantitative estimate of drug-likeness (QED) is 0.835. The van der Waals surface area contributed by atoms with Crippen molar-refractivity contribution in [2.24, 2.45) is 0 Å². The van der Waals surface area contributed by atoms with Crippen LogP contribution in [-0.2, 0) is 0 Å². The normalized spacial score (nSPS) is 13.5. The van der Waals surface area contributed by atoms with Gasteiger partial charge in [-0.25, -0.2) is 0 Å². The van der Waals surface area contributed by atoms with E-state index >= 15 is 0 Å². The lowest BCUT2D eigenvalue weighted by Crippen LogP contribution is -2.17. The molecule has 3 heteroatoms. The van der Waals surface area contributed by atoms with Gasteiger partial charge in [0, 0.05) is 11.6 Å². The number of ether oxygens (including phenoxy) is 1. The second-order valence-electron chi connectivity index (χ2n) is 4.55. The average molecular weight is 268 g/mol. The molecular formula is C15H22ClNO. The van der Waals surface area contributed by atoms with Crippen molar-refractivity contribution in [1.82, 2.24) is 5.32 Å². The highest BCUT2D eigenvalue weighted by Crippen LogP contribution is 2.23. The summed E-state index contributed by atoms with van der Waals surface area (Å²) in [6.07, 6.45) is 0. The molecule has 1 aromatic carbocycles. The molecule has 1 rings (SSSR count). The first-order valence-electron chi connectivity index (χ1n) is 6.31. The molecule has 1 aromatic rings. The molecule has 0 saturated heterocycles. The van der Waals surface area contributed by atoms with Crippen molar-refractivity contribution in [3.8, 4) is 5.75 Å². The van der Waals surface area contributed by atoms with Gasteiger partial charge in [-0.3, -0.25) is 0 Å². The van der Waals surface area contributed by atoms with Crippen LogP contribution in [0.2, 0.25) is 0 Å². The van der Waals surface area contributed by atoms with Crippen molar-refractivity contribution in [2.75, 3.05) is 13.2 Å². The maximum Gasteiger partial charge on any atom is 0.122 e. The summed E-state index contributed by atoms with van der Waals surface area (Å²) in [7, 11) is 0. The third-order valence-electron chi connectivity index (χ3n) is 2.85. The molecule has 100 valence electrons. The summed E-state index contributed by atoms with van der Waals surface area (Å²) < 4.78 is 5.71. The Morgan fingerprint density at radius 2 is 2.22 bits per heavy atom. The van der Waals surface area contributed by atoms with Gasteiger partial charge < -0.3 is 10.1 Å². The molecule has 18 heavy (non-hydrogen) atoms. The maximum absolute atomic E-state index is 5.71. The zero-order chi connectivity index (χ0) is 13.5. The second kappa shape index (κ2) is 7.45. The number of halogens is 1. The minimum Gasteiger partial charge on any atom is -0.489 e. The zero-order valence-corrected chi connectivity index (χ0v) is 12.3. The van der Waals surface area contributed by atoms with E-state index in [2.05, 4.69) is 38.2 Å². The largest absolute Gasteiger partial charge is 0.489 e. The molecule has 1 unspecified atom stereocenters. The van der Waals surface area contributed by atoms with E-state index in [-0.39, 0.29) is 0 Å². The summed E-state index contributed by atoms with van der Waals surface area (Å²) in [5.41, 5.74) is 5.00. The van der Waals surface area contributed by atoms with Crippen molar-refractivity contribution in [3.05, 3.63) is 40.4 Å². The van der Waals surface area contributed by atoms with Crippen molar-refractivity contribution in [2.45, 2.75) is 33.7 Å². The van der Waals surface area contributed by atoms with E-state index in [9.17, 15) is 0 Å². The van der Waals surface area contributed by atoms with Crippen LogP contribution in [0.3, 0.4) is 0 Å². The molecule has 0 aliphatic carbocycles. The lowest BCUT2D eigenvalue weighted by Gasteiger charge is -2.15. The molecule has 0 spiro atoms. The molecule has 1 atom stereocenters. The van der Waals surface area contributed by atoms with Crippen LogP contribution in [0, 0.1) is 6.92 Å². The fourth-order valence-electron chi connectivity index (χ4n) is 1.75. The van der Waals surface area contributed by atoms with E-state index in [0.29, 0.717) is 12.6 Å². The van der Waals surface area contributed by atoms with Crippen molar-refractivity contribution >= 4 is 11.6 Å². The van der Waals surface area contributed by atoms with E-state index < -0.39 is 0 Å². The second-order valence-corrected chi connectivity index (χ2v) is 4.77. The van der Waals surface area contributed by atoms with Crippen LogP contribution >= 0.6 is 11.6 Å². The number of hydrogen-bond donors (Lipinski definition) is 1. The Balaban J connectivity index is 2.73. The Bertz CT molecular complexity index is 415. The Morgan fingerprint density at radius 3 is 2.78 bits per heavy atom. The van der Waals surface area contributed by atoms with E-state index in [0.717, 1.165) is 23.4 Å². The van der Waals surface area contributed by atoms with Gasteiger partial charge in [0.05, 0.1) is 0 Å². The Labute approximate surface area is 115 Å². The van der Waals surface area contributed by atoms with E-state index in [1.807, 2.05) is 13.0 Å². The van der Waals surface area contributed by atoms with Gasteiger partial charge in [0.15, 0.2) is 0 Å². The van der Waals surface area contributed by atoms with Gasteiger partial charge in [-0.2, -0.15) is 0 Å². The first-order chi connectivity index (χ1) is 8.58. The number of benzene rings is 1. The topological polar surface area (TPSA) is 21.3 Å². The highest BCUT2D eigenvalue weighted by Gasteiger charge is 2.06. The minimum atomic E-state index is 0.368. The predicted molar refractivity (Wildman–Crippen MR) is 78.4 cm³/mol. The lowest BCUT2D eigenvalue weighted by atomic mass is 10.1. The monoisotopic (exact) mass is 267 g/mol. The molecule has 0 saturated carbocycles. The molecule has 0 aromatic heterocycles. The highest BCUT2D eigenvalue weighted by atomic mass is 35.5. The van der Waals surface area contributed by atoms with Gasteiger partial charge in [0.2, 0.25) is 0 Å². The van der Waals surface area contributed by atoms with Crippen molar-refractivity contribution in [1.29, 1.82) is 0 Å². The predicted octanol–water partition coefficient (Wildman–Crippen LogP) is 4.19. The average Bonchev–Trinajstić information content (AvgIpc) is 2.37. The van der Waals surface area contributed by atoms with Gasteiger partial charge in [0.1, 0.15) is 12.4 Å². The van der Waals surface area contributed by atoms with Crippen molar-refractivity contribution in [3.63, 3.8) is 0 Å². The highest BCUT2D eigenvalue weighted by molar-refractivity contribution is 6.25. The van der Waals surface area contributed by atoms with Crippen LogP contribution in [-0.4, -0.2) is 13.2 Å². The molecule has 0 bridgehead atoms. The van der Waals surface area contributed by atoms with Crippen LogP contribution in [0.25, 0.3) is 0 Å². The van der Waals surface area contributed by atoms with Gasteiger partial charge >= 0.3 is 0 Å². The fraction of sp³-hybridized carbons (Fsp3) is 0.467. The van der Waals surface area contributed by atoms with Crippen LogP contribution in [0.4, 0.5) is 0 Å². The third-order valence-corrected chi connectivity index (χ3v) is 3.22.